The molecule has 168 valence electrons. The van der Waals surface area contributed by atoms with Crippen LogP contribution in [0.1, 0.15) is 25.8 Å². The summed E-state index contributed by atoms with van der Waals surface area (Å²) < 4.78 is 0. The van der Waals surface area contributed by atoms with Gasteiger partial charge in [0.15, 0.2) is 0 Å². The van der Waals surface area contributed by atoms with Crippen molar-refractivity contribution in [2.45, 2.75) is 32.4 Å². The Hall–Kier alpha value is -3.20. The summed E-state index contributed by atoms with van der Waals surface area (Å²) in [6, 6.07) is 3.89. The van der Waals surface area contributed by atoms with Crippen LogP contribution in [-0.4, -0.2) is 65.7 Å². The number of carbonyl (C=O) groups is 1. The van der Waals surface area contributed by atoms with Crippen LogP contribution in [0, 0.1) is 5.92 Å². The van der Waals surface area contributed by atoms with E-state index in [-0.39, 0.29) is 18.0 Å². The van der Waals surface area contributed by atoms with E-state index in [2.05, 4.69) is 55.6 Å². The maximum absolute atomic E-state index is 12.5. The minimum absolute atomic E-state index is 0.0187. The summed E-state index contributed by atoms with van der Waals surface area (Å²) in [4.78, 5) is 30.9. The van der Waals surface area contributed by atoms with Crippen LogP contribution in [-0.2, 0) is 4.79 Å². The van der Waals surface area contributed by atoms with E-state index in [1.807, 2.05) is 30.6 Å². The Morgan fingerprint density at radius 1 is 1.19 bits per heavy atom. The van der Waals surface area contributed by atoms with Gasteiger partial charge in [0.25, 0.3) is 0 Å². The summed E-state index contributed by atoms with van der Waals surface area (Å²) in [5.41, 5.74) is 2.05. The van der Waals surface area contributed by atoms with Crippen molar-refractivity contribution in [3.8, 4) is 0 Å². The van der Waals surface area contributed by atoms with E-state index in [0.29, 0.717) is 24.2 Å². The standard InChI is InChI=1S/C23H30N8O/c1-15(2)11-18-14-26-22(32)19-5-3-16-12-27-23(29-21(16)31(18)19)28-20-6-4-17(13-25-20)30-9-7-24-8-10-30/h3-6,12-13,15,18-19,24H,7-11,14H2,1-2H3,(H,26,32)(H,25,27,28,29)/t18-,19?/m1/s1. The molecular weight excluding hydrogens is 404 g/mol. The molecular formula is C23H30N8O. The number of amides is 1. The Kier molecular flexibility index (Phi) is 5.65. The molecule has 2 aromatic heterocycles. The topological polar surface area (TPSA) is 98.3 Å². The van der Waals surface area contributed by atoms with Crippen LogP contribution in [0.15, 0.2) is 30.6 Å². The Morgan fingerprint density at radius 3 is 2.78 bits per heavy atom. The van der Waals surface area contributed by atoms with Gasteiger partial charge in [0, 0.05) is 50.5 Å². The molecule has 0 spiro atoms. The summed E-state index contributed by atoms with van der Waals surface area (Å²) in [7, 11) is 0. The predicted octanol–water partition coefficient (Wildman–Crippen LogP) is 1.77. The van der Waals surface area contributed by atoms with Gasteiger partial charge in [-0.15, -0.1) is 0 Å². The largest absolute Gasteiger partial charge is 0.368 e. The monoisotopic (exact) mass is 434 g/mol. The molecule has 1 amide bonds. The van der Waals surface area contributed by atoms with Gasteiger partial charge >= 0.3 is 0 Å². The summed E-state index contributed by atoms with van der Waals surface area (Å²) >= 11 is 0. The van der Waals surface area contributed by atoms with Gasteiger partial charge in [-0.2, -0.15) is 4.98 Å². The Morgan fingerprint density at radius 2 is 2.03 bits per heavy atom. The second kappa shape index (κ2) is 8.74. The third kappa shape index (κ3) is 4.12. The molecule has 1 unspecified atom stereocenters. The summed E-state index contributed by atoms with van der Waals surface area (Å²) in [5.74, 6) is 2.51. The summed E-state index contributed by atoms with van der Waals surface area (Å²) in [6.07, 6.45) is 8.56. The number of carbonyl (C=O) groups excluding carboxylic acids is 1. The van der Waals surface area contributed by atoms with E-state index >= 15 is 0 Å². The molecule has 2 saturated heterocycles. The Balaban J connectivity index is 1.38. The van der Waals surface area contributed by atoms with Crippen molar-refractivity contribution >= 4 is 35.3 Å². The molecule has 2 aromatic rings. The van der Waals surface area contributed by atoms with E-state index in [0.717, 1.165) is 49.7 Å². The van der Waals surface area contributed by atoms with E-state index in [4.69, 9.17) is 4.98 Å². The molecule has 32 heavy (non-hydrogen) atoms. The predicted molar refractivity (Wildman–Crippen MR) is 126 cm³/mol. The number of fused-ring (bicyclic) bond motifs is 3. The van der Waals surface area contributed by atoms with Crippen molar-refractivity contribution < 1.29 is 4.79 Å². The fourth-order valence-corrected chi connectivity index (χ4v) is 4.65. The zero-order valence-electron chi connectivity index (χ0n) is 18.6. The van der Waals surface area contributed by atoms with Crippen molar-refractivity contribution in [2.24, 2.45) is 5.92 Å². The van der Waals surface area contributed by atoms with Crippen molar-refractivity contribution in [3.63, 3.8) is 0 Å². The zero-order valence-corrected chi connectivity index (χ0v) is 18.6. The highest BCUT2D eigenvalue weighted by atomic mass is 16.2. The molecule has 9 heteroatoms. The van der Waals surface area contributed by atoms with Crippen LogP contribution in [0.4, 0.5) is 23.3 Å². The van der Waals surface area contributed by atoms with Crippen molar-refractivity contribution in [3.05, 3.63) is 36.2 Å². The average Bonchev–Trinajstić information content (AvgIpc) is 2.81. The summed E-state index contributed by atoms with van der Waals surface area (Å²) in [5, 5.41) is 9.64. The van der Waals surface area contributed by atoms with E-state index in [1.165, 1.54) is 0 Å². The normalized spacial score (nSPS) is 22.4. The van der Waals surface area contributed by atoms with Gasteiger partial charge in [-0.1, -0.05) is 26.0 Å². The minimum atomic E-state index is -0.334. The smallest absolute Gasteiger partial charge is 0.246 e. The SMILES string of the molecule is CC(C)C[C@@H]1CNC(=O)C2C=Cc3cnc(Nc4ccc(N5CCNCC5)cn4)nc3N21. The molecule has 0 bridgehead atoms. The number of piperazine rings is 2. The minimum Gasteiger partial charge on any atom is -0.368 e. The molecule has 2 fully saturated rings. The first-order valence-electron chi connectivity index (χ1n) is 11.4. The van der Waals surface area contributed by atoms with Gasteiger partial charge in [0.2, 0.25) is 11.9 Å². The number of hydrogen-bond acceptors (Lipinski definition) is 8. The number of aromatic nitrogens is 3. The lowest BCUT2D eigenvalue weighted by atomic mass is 9.95. The highest BCUT2D eigenvalue weighted by Gasteiger charge is 2.38. The van der Waals surface area contributed by atoms with Gasteiger partial charge < -0.3 is 25.8 Å². The number of pyridine rings is 1. The molecule has 0 saturated carbocycles. The highest BCUT2D eigenvalue weighted by Crippen LogP contribution is 2.33. The van der Waals surface area contributed by atoms with Crippen molar-refractivity contribution in [2.75, 3.05) is 47.8 Å². The van der Waals surface area contributed by atoms with E-state index < -0.39 is 0 Å². The van der Waals surface area contributed by atoms with E-state index in [9.17, 15) is 4.79 Å². The lowest BCUT2D eigenvalue weighted by Gasteiger charge is -2.44. The molecule has 5 heterocycles. The first kappa shape index (κ1) is 20.7. The summed E-state index contributed by atoms with van der Waals surface area (Å²) in [6.45, 7) is 8.98. The third-order valence-electron chi connectivity index (χ3n) is 6.19. The van der Waals surface area contributed by atoms with Crippen LogP contribution >= 0.6 is 0 Å². The first-order chi connectivity index (χ1) is 15.6. The second-order valence-corrected chi connectivity index (χ2v) is 8.98. The number of hydrogen-bond donors (Lipinski definition) is 3. The fraction of sp³-hybridized carbons (Fsp3) is 0.478. The van der Waals surface area contributed by atoms with Crippen LogP contribution in [0.3, 0.4) is 0 Å². The van der Waals surface area contributed by atoms with Crippen LogP contribution in [0.2, 0.25) is 0 Å². The Bertz CT molecular complexity index is 1000. The third-order valence-corrected chi connectivity index (χ3v) is 6.19. The average molecular weight is 435 g/mol. The molecule has 3 aliphatic heterocycles. The number of nitrogens with zero attached hydrogens (tertiary/aromatic N) is 5. The second-order valence-electron chi connectivity index (χ2n) is 8.98. The lowest BCUT2D eigenvalue weighted by molar-refractivity contribution is -0.122. The van der Waals surface area contributed by atoms with Gasteiger partial charge in [-0.25, -0.2) is 9.97 Å². The van der Waals surface area contributed by atoms with E-state index in [1.54, 1.807) is 0 Å². The quantitative estimate of drug-likeness (QED) is 0.655. The Labute approximate surface area is 188 Å². The fourth-order valence-electron chi connectivity index (χ4n) is 4.65. The van der Waals surface area contributed by atoms with Crippen LogP contribution < -0.4 is 25.8 Å². The number of anilines is 4. The highest BCUT2D eigenvalue weighted by molar-refractivity contribution is 5.92. The molecule has 0 radical (unpaired) electrons. The molecule has 3 aliphatic rings. The molecule has 0 aliphatic carbocycles. The van der Waals surface area contributed by atoms with Crippen LogP contribution in [0.5, 0.6) is 0 Å². The molecule has 5 rings (SSSR count). The number of nitrogens with one attached hydrogen (secondary N) is 3. The van der Waals surface area contributed by atoms with Gasteiger partial charge in [0.05, 0.1) is 11.9 Å². The van der Waals surface area contributed by atoms with Crippen molar-refractivity contribution in [1.82, 2.24) is 25.6 Å². The van der Waals surface area contributed by atoms with Crippen LogP contribution in [0.25, 0.3) is 6.08 Å². The van der Waals surface area contributed by atoms with Gasteiger partial charge in [-0.3, -0.25) is 4.79 Å². The maximum Gasteiger partial charge on any atom is 0.246 e. The molecule has 9 nitrogen and oxygen atoms in total. The van der Waals surface area contributed by atoms with Gasteiger partial charge in [0.1, 0.15) is 17.7 Å². The first-order valence-corrected chi connectivity index (χ1v) is 11.4. The van der Waals surface area contributed by atoms with Gasteiger partial charge in [-0.05, 0) is 24.5 Å². The lowest BCUT2D eigenvalue weighted by Crippen LogP contribution is -2.61. The zero-order chi connectivity index (χ0) is 22.1. The van der Waals surface area contributed by atoms with Crippen molar-refractivity contribution in [1.29, 1.82) is 0 Å². The molecule has 2 atom stereocenters. The molecule has 3 N–H and O–H groups in total. The molecule has 0 aromatic carbocycles. The maximum atomic E-state index is 12.5. The number of rotatable bonds is 5.